The van der Waals surface area contributed by atoms with Gasteiger partial charge in [0, 0.05) is 18.8 Å². The molecule has 1 nitrogen and oxygen atoms in total. The first-order valence-corrected chi connectivity index (χ1v) is 8.00. The van der Waals surface area contributed by atoms with Gasteiger partial charge in [0.15, 0.2) is 0 Å². The molecule has 0 saturated carbocycles. The molecule has 0 fully saturated rings. The largest absolute Gasteiger partial charge is 0.371 e. The molecule has 1 heterocycles. The van der Waals surface area contributed by atoms with Gasteiger partial charge in [0.1, 0.15) is 0 Å². The van der Waals surface area contributed by atoms with E-state index < -0.39 is 0 Å². The molecule has 0 spiro atoms. The lowest BCUT2D eigenvalue weighted by molar-refractivity contribution is 0.268. The average Bonchev–Trinajstić information content (AvgIpc) is 2.34. The minimum atomic E-state index is 0.323. The maximum Gasteiger partial charge on any atom is 0.0399 e. The van der Waals surface area contributed by atoms with Gasteiger partial charge >= 0.3 is 0 Å². The molecule has 2 heteroatoms. The van der Waals surface area contributed by atoms with Crippen LogP contribution in [0, 0.1) is 18.3 Å². The lowest BCUT2D eigenvalue weighted by Crippen LogP contribution is -2.39. The van der Waals surface area contributed by atoms with Gasteiger partial charge in [0.25, 0.3) is 0 Å². The number of nitrogens with zero attached hydrogens (tertiary/aromatic N) is 1. The second-order valence-electron chi connectivity index (χ2n) is 6.93. The summed E-state index contributed by atoms with van der Waals surface area (Å²) in [6.07, 6.45) is 2.51. The normalized spacial score (nSPS) is 17.2. The summed E-state index contributed by atoms with van der Waals surface area (Å²) in [5, 5.41) is 0. The third kappa shape index (κ3) is 3.47. The van der Waals surface area contributed by atoms with E-state index in [1.807, 2.05) is 0 Å². The molecule has 0 aliphatic carbocycles. The molecule has 0 N–H and O–H groups in total. The van der Waals surface area contributed by atoms with Crippen LogP contribution >= 0.6 is 12.6 Å². The van der Waals surface area contributed by atoms with Crippen molar-refractivity contribution in [2.24, 2.45) is 11.3 Å². The van der Waals surface area contributed by atoms with Crippen LogP contribution < -0.4 is 4.90 Å². The zero-order chi connectivity index (χ0) is 14.0. The first-order chi connectivity index (χ1) is 8.91. The predicted molar refractivity (Wildman–Crippen MR) is 88.5 cm³/mol. The minimum Gasteiger partial charge on any atom is -0.371 e. The summed E-state index contributed by atoms with van der Waals surface area (Å²) in [6, 6.07) is 6.90. The molecule has 1 aromatic rings. The van der Waals surface area contributed by atoms with Crippen molar-refractivity contribution in [2.75, 3.05) is 23.7 Å². The van der Waals surface area contributed by atoms with Crippen molar-refractivity contribution in [3.63, 3.8) is 0 Å². The molecule has 106 valence electrons. The SMILES string of the molecule is Cc1ccc2c(c1)CCCN2CC(CS)C(C)(C)C. The maximum absolute atomic E-state index is 4.57. The van der Waals surface area contributed by atoms with Crippen LogP contribution in [0.25, 0.3) is 0 Å². The Hall–Kier alpha value is -0.630. The van der Waals surface area contributed by atoms with Crippen LogP contribution in [0.2, 0.25) is 0 Å². The quantitative estimate of drug-likeness (QED) is 0.804. The molecule has 0 bridgehead atoms. The standard InChI is InChI=1S/C17H27NS/c1-13-7-8-16-14(10-13)6-5-9-18(16)11-15(12-19)17(2,3)4/h7-8,10,15,19H,5-6,9,11-12H2,1-4H3. The number of rotatable bonds is 3. The number of fused-ring (bicyclic) bond motifs is 1. The highest BCUT2D eigenvalue weighted by molar-refractivity contribution is 7.80. The molecule has 0 radical (unpaired) electrons. The van der Waals surface area contributed by atoms with Gasteiger partial charge in [-0.05, 0) is 48.5 Å². The van der Waals surface area contributed by atoms with Gasteiger partial charge in [-0.1, -0.05) is 38.5 Å². The van der Waals surface area contributed by atoms with Gasteiger partial charge in [0.05, 0.1) is 0 Å². The van der Waals surface area contributed by atoms with Crippen LogP contribution in [0.15, 0.2) is 18.2 Å². The van der Waals surface area contributed by atoms with E-state index in [-0.39, 0.29) is 0 Å². The van der Waals surface area contributed by atoms with Crippen molar-refractivity contribution in [1.82, 2.24) is 0 Å². The third-order valence-electron chi connectivity index (χ3n) is 4.34. The van der Waals surface area contributed by atoms with Crippen LogP contribution in [0.3, 0.4) is 0 Å². The van der Waals surface area contributed by atoms with E-state index >= 15 is 0 Å². The minimum absolute atomic E-state index is 0.323. The van der Waals surface area contributed by atoms with E-state index in [2.05, 4.69) is 63.4 Å². The zero-order valence-corrected chi connectivity index (χ0v) is 13.6. The highest BCUT2D eigenvalue weighted by Crippen LogP contribution is 2.33. The van der Waals surface area contributed by atoms with Gasteiger partial charge in [-0.25, -0.2) is 0 Å². The zero-order valence-electron chi connectivity index (χ0n) is 12.7. The summed E-state index contributed by atoms with van der Waals surface area (Å²) in [5.41, 5.74) is 4.68. The Morgan fingerprint density at radius 2 is 2.05 bits per heavy atom. The van der Waals surface area contributed by atoms with E-state index in [9.17, 15) is 0 Å². The smallest absolute Gasteiger partial charge is 0.0399 e. The summed E-state index contributed by atoms with van der Waals surface area (Å²) in [7, 11) is 0. The lowest BCUT2D eigenvalue weighted by atomic mass is 9.81. The van der Waals surface area contributed by atoms with Crippen molar-refractivity contribution in [3.8, 4) is 0 Å². The topological polar surface area (TPSA) is 3.24 Å². The molecule has 1 aliphatic heterocycles. The molecular weight excluding hydrogens is 250 g/mol. The summed E-state index contributed by atoms with van der Waals surface area (Å²) < 4.78 is 0. The Balaban J connectivity index is 2.19. The molecule has 1 aromatic carbocycles. The molecule has 0 amide bonds. The third-order valence-corrected chi connectivity index (χ3v) is 4.78. The Kier molecular flexibility index (Phi) is 4.50. The fraction of sp³-hybridized carbons (Fsp3) is 0.647. The van der Waals surface area contributed by atoms with E-state index in [1.54, 1.807) is 0 Å². The van der Waals surface area contributed by atoms with Crippen molar-refractivity contribution >= 4 is 18.3 Å². The van der Waals surface area contributed by atoms with E-state index in [0.29, 0.717) is 11.3 Å². The fourth-order valence-corrected chi connectivity index (χ4v) is 3.53. The van der Waals surface area contributed by atoms with Crippen LogP contribution in [-0.2, 0) is 6.42 Å². The monoisotopic (exact) mass is 277 g/mol. The Bertz CT molecular complexity index is 433. The summed E-state index contributed by atoms with van der Waals surface area (Å²) in [4.78, 5) is 2.57. The Labute approximate surface area is 123 Å². The number of anilines is 1. The second-order valence-corrected chi connectivity index (χ2v) is 7.29. The summed E-state index contributed by atoms with van der Waals surface area (Å²) >= 11 is 4.57. The highest BCUT2D eigenvalue weighted by atomic mass is 32.1. The van der Waals surface area contributed by atoms with Gasteiger partial charge in [0.2, 0.25) is 0 Å². The number of aryl methyl sites for hydroxylation is 2. The van der Waals surface area contributed by atoms with E-state index in [4.69, 9.17) is 0 Å². The Morgan fingerprint density at radius 3 is 2.68 bits per heavy atom. The first kappa shape index (κ1) is 14.8. The molecule has 2 rings (SSSR count). The van der Waals surface area contributed by atoms with Gasteiger partial charge in [-0.15, -0.1) is 0 Å². The molecule has 1 atom stereocenters. The average molecular weight is 277 g/mol. The second kappa shape index (κ2) is 5.78. The number of hydrogen-bond acceptors (Lipinski definition) is 2. The molecule has 19 heavy (non-hydrogen) atoms. The molecule has 1 unspecified atom stereocenters. The predicted octanol–water partition coefficient (Wildman–Crippen LogP) is 4.34. The van der Waals surface area contributed by atoms with Crippen molar-refractivity contribution in [3.05, 3.63) is 29.3 Å². The number of thiol groups is 1. The lowest BCUT2D eigenvalue weighted by Gasteiger charge is -2.38. The fourth-order valence-electron chi connectivity index (χ4n) is 2.86. The number of benzene rings is 1. The van der Waals surface area contributed by atoms with Gasteiger partial charge in [-0.3, -0.25) is 0 Å². The molecule has 1 aliphatic rings. The summed E-state index contributed by atoms with van der Waals surface area (Å²) in [5.74, 6) is 1.59. The maximum atomic E-state index is 4.57. The van der Waals surface area contributed by atoms with E-state index in [0.717, 1.165) is 12.3 Å². The number of hydrogen-bond donors (Lipinski definition) is 1. The highest BCUT2D eigenvalue weighted by Gasteiger charge is 2.27. The van der Waals surface area contributed by atoms with Crippen LogP contribution in [0.4, 0.5) is 5.69 Å². The van der Waals surface area contributed by atoms with Gasteiger partial charge < -0.3 is 4.90 Å². The van der Waals surface area contributed by atoms with Crippen LogP contribution in [0.1, 0.15) is 38.3 Å². The summed E-state index contributed by atoms with van der Waals surface area (Å²) in [6.45, 7) is 11.5. The van der Waals surface area contributed by atoms with Crippen LogP contribution in [0.5, 0.6) is 0 Å². The molecule has 0 saturated heterocycles. The van der Waals surface area contributed by atoms with Crippen molar-refractivity contribution in [1.29, 1.82) is 0 Å². The van der Waals surface area contributed by atoms with E-state index in [1.165, 1.54) is 36.2 Å². The first-order valence-electron chi connectivity index (χ1n) is 7.37. The van der Waals surface area contributed by atoms with Gasteiger partial charge in [-0.2, -0.15) is 12.6 Å². The molecule has 0 aromatic heterocycles. The van der Waals surface area contributed by atoms with Crippen LogP contribution in [-0.4, -0.2) is 18.8 Å². The van der Waals surface area contributed by atoms with Crippen molar-refractivity contribution in [2.45, 2.75) is 40.5 Å². The molecular formula is C17H27NS. The van der Waals surface area contributed by atoms with Crippen molar-refractivity contribution < 1.29 is 0 Å². The Morgan fingerprint density at radius 1 is 1.32 bits per heavy atom.